The summed E-state index contributed by atoms with van der Waals surface area (Å²) in [5, 5.41) is 8.21. The second-order valence-corrected chi connectivity index (χ2v) is 6.68. The number of nitrogens with zero attached hydrogens (tertiary/aromatic N) is 5. The zero-order valence-corrected chi connectivity index (χ0v) is 14.5. The molecule has 2 aromatic heterocycles. The molecule has 1 amide bonds. The Morgan fingerprint density at radius 1 is 1.46 bits per heavy atom. The molecule has 0 saturated carbocycles. The SMILES string of the molecule is CCC(C)OCC(=O)N1CC(C)(c2nnc(-c3cn(C)cn3)o2)C1. The van der Waals surface area contributed by atoms with Crippen molar-refractivity contribution in [2.45, 2.75) is 38.7 Å². The lowest BCUT2D eigenvalue weighted by Gasteiger charge is -2.45. The van der Waals surface area contributed by atoms with Gasteiger partial charge in [-0.05, 0) is 20.3 Å². The van der Waals surface area contributed by atoms with E-state index < -0.39 is 0 Å². The predicted molar refractivity (Wildman–Crippen MR) is 86.1 cm³/mol. The number of carbonyl (C=O) groups is 1. The van der Waals surface area contributed by atoms with Gasteiger partial charge >= 0.3 is 0 Å². The normalized spacial score (nSPS) is 17.6. The Morgan fingerprint density at radius 3 is 2.83 bits per heavy atom. The Morgan fingerprint density at radius 2 is 2.21 bits per heavy atom. The number of aromatic nitrogens is 4. The van der Waals surface area contributed by atoms with Crippen molar-refractivity contribution in [1.82, 2.24) is 24.6 Å². The number of likely N-dealkylation sites (tertiary alicyclic amines) is 1. The Balaban J connectivity index is 1.59. The number of rotatable bonds is 6. The molecule has 1 aliphatic heterocycles. The Hall–Kier alpha value is -2.22. The van der Waals surface area contributed by atoms with Gasteiger partial charge in [-0.2, -0.15) is 0 Å². The predicted octanol–water partition coefficient (Wildman–Crippen LogP) is 1.39. The molecule has 0 aliphatic carbocycles. The molecule has 1 fully saturated rings. The minimum absolute atomic E-state index is 0.00256. The van der Waals surface area contributed by atoms with Gasteiger partial charge < -0.3 is 18.6 Å². The lowest BCUT2D eigenvalue weighted by atomic mass is 9.82. The first-order valence-electron chi connectivity index (χ1n) is 8.13. The molecule has 0 bridgehead atoms. The lowest BCUT2D eigenvalue weighted by molar-refractivity contribution is -0.146. The molecular formula is C16H23N5O3. The third kappa shape index (κ3) is 3.19. The van der Waals surface area contributed by atoms with Gasteiger partial charge in [-0.15, -0.1) is 10.2 Å². The van der Waals surface area contributed by atoms with E-state index in [-0.39, 0.29) is 24.0 Å². The molecule has 1 atom stereocenters. The van der Waals surface area contributed by atoms with Crippen LogP contribution in [0.2, 0.25) is 0 Å². The van der Waals surface area contributed by atoms with E-state index in [9.17, 15) is 4.79 Å². The van der Waals surface area contributed by atoms with Crippen LogP contribution in [0.4, 0.5) is 0 Å². The molecule has 8 heteroatoms. The van der Waals surface area contributed by atoms with Crippen LogP contribution in [0.15, 0.2) is 16.9 Å². The summed E-state index contributed by atoms with van der Waals surface area (Å²) in [6, 6.07) is 0. The van der Waals surface area contributed by atoms with E-state index in [2.05, 4.69) is 15.2 Å². The first kappa shape index (κ1) is 16.6. The Bertz CT molecular complexity index is 717. The van der Waals surface area contributed by atoms with Crippen LogP contribution in [-0.2, 0) is 22.0 Å². The second-order valence-electron chi connectivity index (χ2n) is 6.68. The van der Waals surface area contributed by atoms with Crippen molar-refractivity contribution >= 4 is 5.91 Å². The van der Waals surface area contributed by atoms with Crippen LogP contribution in [0.25, 0.3) is 11.6 Å². The van der Waals surface area contributed by atoms with E-state index in [0.717, 1.165) is 6.42 Å². The summed E-state index contributed by atoms with van der Waals surface area (Å²) in [7, 11) is 1.88. The Kier molecular flexibility index (Phi) is 4.40. The fraction of sp³-hybridized carbons (Fsp3) is 0.625. The molecular weight excluding hydrogens is 310 g/mol. The highest BCUT2D eigenvalue weighted by Gasteiger charge is 2.46. The van der Waals surface area contributed by atoms with Crippen molar-refractivity contribution in [1.29, 1.82) is 0 Å². The fourth-order valence-corrected chi connectivity index (χ4v) is 2.62. The fourth-order valence-electron chi connectivity index (χ4n) is 2.62. The molecule has 3 heterocycles. The second kappa shape index (κ2) is 6.35. The van der Waals surface area contributed by atoms with Crippen LogP contribution in [0.5, 0.6) is 0 Å². The van der Waals surface area contributed by atoms with Crippen LogP contribution in [0, 0.1) is 0 Å². The first-order valence-corrected chi connectivity index (χ1v) is 8.13. The largest absolute Gasteiger partial charge is 0.418 e. The molecule has 1 saturated heterocycles. The van der Waals surface area contributed by atoms with Crippen LogP contribution >= 0.6 is 0 Å². The minimum Gasteiger partial charge on any atom is -0.418 e. The van der Waals surface area contributed by atoms with E-state index in [1.807, 2.05) is 38.6 Å². The molecule has 1 unspecified atom stereocenters. The number of hydrogen-bond donors (Lipinski definition) is 0. The third-order valence-electron chi connectivity index (χ3n) is 4.36. The highest BCUT2D eigenvalue weighted by Crippen LogP contribution is 2.34. The summed E-state index contributed by atoms with van der Waals surface area (Å²) in [6.07, 6.45) is 4.49. The molecule has 3 rings (SSSR count). The Labute approximate surface area is 140 Å². The maximum Gasteiger partial charge on any atom is 0.267 e. The third-order valence-corrected chi connectivity index (χ3v) is 4.36. The van der Waals surface area contributed by atoms with Gasteiger partial charge in [0.2, 0.25) is 11.8 Å². The first-order chi connectivity index (χ1) is 11.4. The number of hydrogen-bond acceptors (Lipinski definition) is 6. The molecule has 0 radical (unpaired) electrons. The van der Waals surface area contributed by atoms with Crippen LogP contribution < -0.4 is 0 Å². The maximum atomic E-state index is 12.1. The van der Waals surface area contributed by atoms with Gasteiger partial charge in [0.25, 0.3) is 5.89 Å². The number of carbonyl (C=O) groups excluding carboxylic acids is 1. The highest BCUT2D eigenvalue weighted by atomic mass is 16.5. The average Bonchev–Trinajstić information content (AvgIpc) is 3.18. The summed E-state index contributed by atoms with van der Waals surface area (Å²) in [5.74, 6) is 0.934. The van der Waals surface area contributed by atoms with Crippen molar-refractivity contribution in [3.63, 3.8) is 0 Å². The van der Waals surface area contributed by atoms with E-state index in [1.165, 1.54) is 0 Å². The average molecular weight is 333 g/mol. The molecule has 0 N–H and O–H groups in total. The van der Waals surface area contributed by atoms with Crippen LogP contribution in [0.3, 0.4) is 0 Å². The minimum atomic E-state index is -0.313. The van der Waals surface area contributed by atoms with E-state index in [1.54, 1.807) is 11.2 Å². The van der Waals surface area contributed by atoms with Crippen molar-refractivity contribution in [2.24, 2.45) is 7.05 Å². The molecule has 0 aromatic carbocycles. The van der Waals surface area contributed by atoms with E-state index in [0.29, 0.717) is 30.6 Å². The standard InChI is InChI=1S/C16H23N5O3/c1-5-11(2)23-7-13(22)21-8-16(3,9-21)15-19-18-14(24-15)12-6-20(4)10-17-12/h6,10-11H,5,7-9H2,1-4H3. The van der Waals surface area contributed by atoms with Crippen molar-refractivity contribution < 1.29 is 13.9 Å². The van der Waals surface area contributed by atoms with Crippen LogP contribution in [0.1, 0.15) is 33.1 Å². The number of imidazole rings is 1. The summed E-state index contributed by atoms with van der Waals surface area (Å²) in [5.41, 5.74) is 0.334. The zero-order chi connectivity index (χ0) is 17.3. The number of aryl methyl sites for hydroxylation is 1. The highest BCUT2D eigenvalue weighted by molar-refractivity contribution is 5.78. The van der Waals surface area contributed by atoms with Gasteiger partial charge in [0.15, 0.2) is 0 Å². The molecule has 24 heavy (non-hydrogen) atoms. The van der Waals surface area contributed by atoms with E-state index >= 15 is 0 Å². The zero-order valence-electron chi connectivity index (χ0n) is 14.5. The van der Waals surface area contributed by atoms with E-state index in [4.69, 9.17) is 9.15 Å². The van der Waals surface area contributed by atoms with Gasteiger partial charge in [0.05, 0.1) is 17.8 Å². The maximum absolute atomic E-state index is 12.1. The van der Waals surface area contributed by atoms with Crippen molar-refractivity contribution in [3.05, 3.63) is 18.4 Å². The van der Waals surface area contributed by atoms with Gasteiger partial charge in [-0.3, -0.25) is 4.79 Å². The van der Waals surface area contributed by atoms with Gasteiger partial charge in [0, 0.05) is 26.3 Å². The number of amides is 1. The van der Waals surface area contributed by atoms with Gasteiger partial charge in [0.1, 0.15) is 12.3 Å². The van der Waals surface area contributed by atoms with Crippen molar-refractivity contribution in [2.75, 3.05) is 19.7 Å². The van der Waals surface area contributed by atoms with Gasteiger partial charge in [-0.25, -0.2) is 4.98 Å². The molecule has 0 spiro atoms. The molecule has 8 nitrogen and oxygen atoms in total. The summed E-state index contributed by atoms with van der Waals surface area (Å²) < 4.78 is 13.1. The topological polar surface area (TPSA) is 86.3 Å². The molecule has 130 valence electrons. The monoisotopic (exact) mass is 333 g/mol. The lowest BCUT2D eigenvalue weighted by Crippen LogP contribution is -2.60. The number of ether oxygens (including phenoxy) is 1. The summed E-state index contributed by atoms with van der Waals surface area (Å²) in [6.45, 7) is 7.24. The quantitative estimate of drug-likeness (QED) is 0.794. The van der Waals surface area contributed by atoms with Crippen molar-refractivity contribution in [3.8, 4) is 11.6 Å². The van der Waals surface area contributed by atoms with Crippen LogP contribution in [-0.4, -0.2) is 56.4 Å². The molecule has 1 aliphatic rings. The summed E-state index contributed by atoms with van der Waals surface area (Å²) in [4.78, 5) is 18.1. The summed E-state index contributed by atoms with van der Waals surface area (Å²) >= 11 is 0. The molecule has 2 aromatic rings. The smallest absolute Gasteiger partial charge is 0.267 e. The van der Waals surface area contributed by atoms with Gasteiger partial charge in [-0.1, -0.05) is 6.92 Å².